The van der Waals surface area contributed by atoms with Gasteiger partial charge in [-0.05, 0) is 46.3 Å². The van der Waals surface area contributed by atoms with Gasteiger partial charge in [0.25, 0.3) is 4.84 Å². The second-order valence-electron chi connectivity index (χ2n) is 2.55. The van der Waals surface area contributed by atoms with E-state index in [1.54, 1.807) is 6.07 Å². The van der Waals surface area contributed by atoms with E-state index in [1.807, 2.05) is 12.1 Å². The van der Waals surface area contributed by atoms with Crippen molar-refractivity contribution >= 4 is 39.7 Å². The number of nitrogens with one attached hydrogen (secondary N) is 1. The molecular formula is C8H4BrClN2OS. The molecule has 0 fully saturated rings. The molecule has 1 heterocycles. The van der Waals surface area contributed by atoms with E-state index >= 15 is 0 Å². The average Bonchev–Trinajstić information content (AvgIpc) is 2.57. The zero-order valence-electron chi connectivity index (χ0n) is 6.75. The lowest BCUT2D eigenvalue weighted by Crippen LogP contribution is -1.78. The topological polar surface area (TPSA) is 41.8 Å². The van der Waals surface area contributed by atoms with E-state index in [0.717, 1.165) is 10.0 Å². The Morgan fingerprint density at radius 2 is 2.29 bits per heavy atom. The summed E-state index contributed by atoms with van der Waals surface area (Å²) in [7, 11) is 0. The quantitative estimate of drug-likeness (QED) is 0.812. The van der Waals surface area contributed by atoms with Gasteiger partial charge in [0.05, 0.1) is 5.02 Å². The number of benzene rings is 1. The average molecular weight is 292 g/mol. The van der Waals surface area contributed by atoms with Crippen molar-refractivity contribution in [3.8, 4) is 11.5 Å². The number of H-pyrrole nitrogens is 1. The van der Waals surface area contributed by atoms with Crippen LogP contribution in [-0.4, -0.2) is 10.2 Å². The Hall–Kier alpha value is -0.650. The SMILES string of the molecule is S=c1[nH]nc(-c2ccc(Br)c(Cl)c2)o1. The monoisotopic (exact) mass is 290 g/mol. The van der Waals surface area contributed by atoms with Crippen molar-refractivity contribution in [3.63, 3.8) is 0 Å². The van der Waals surface area contributed by atoms with Gasteiger partial charge in [-0.25, -0.2) is 5.10 Å². The molecule has 1 aromatic carbocycles. The number of hydrogen-bond donors (Lipinski definition) is 1. The van der Waals surface area contributed by atoms with Crippen LogP contribution in [0.3, 0.4) is 0 Å². The summed E-state index contributed by atoms with van der Waals surface area (Å²) in [6, 6.07) is 5.41. The first kappa shape index (κ1) is 9.89. The van der Waals surface area contributed by atoms with Crippen LogP contribution in [0.25, 0.3) is 11.5 Å². The zero-order valence-corrected chi connectivity index (χ0v) is 9.91. The molecule has 0 aliphatic carbocycles. The summed E-state index contributed by atoms with van der Waals surface area (Å²) in [6.07, 6.45) is 0. The van der Waals surface area contributed by atoms with Crippen molar-refractivity contribution in [3.05, 3.63) is 32.5 Å². The fourth-order valence-corrected chi connectivity index (χ4v) is 1.53. The first-order chi connectivity index (χ1) is 6.66. The lowest BCUT2D eigenvalue weighted by molar-refractivity contribution is 0.552. The molecule has 14 heavy (non-hydrogen) atoms. The van der Waals surface area contributed by atoms with Crippen LogP contribution < -0.4 is 0 Å². The van der Waals surface area contributed by atoms with Gasteiger partial charge >= 0.3 is 0 Å². The van der Waals surface area contributed by atoms with Crippen molar-refractivity contribution in [2.24, 2.45) is 0 Å². The molecule has 3 nitrogen and oxygen atoms in total. The summed E-state index contributed by atoms with van der Waals surface area (Å²) in [5.74, 6) is 0.435. The van der Waals surface area contributed by atoms with Gasteiger partial charge in [-0.2, -0.15) is 0 Å². The van der Waals surface area contributed by atoms with E-state index in [-0.39, 0.29) is 4.84 Å². The van der Waals surface area contributed by atoms with Gasteiger partial charge in [0.15, 0.2) is 0 Å². The Morgan fingerprint density at radius 3 is 2.86 bits per heavy atom. The van der Waals surface area contributed by atoms with Crippen LogP contribution >= 0.6 is 39.7 Å². The highest BCUT2D eigenvalue weighted by molar-refractivity contribution is 9.10. The van der Waals surface area contributed by atoms with E-state index in [0.29, 0.717) is 10.9 Å². The molecular weight excluding hydrogens is 288 g/mol. The van der Waals surface area contributed by atoms with Gasteiger partial charge in [-0.3, -0.25) is 0 Å². The van der Waals surface area contributed by atoms with E-state index in [9.17, 15) is 0 Å². The van der Waals surface area contributed by atoms with E-state index in [2.05, 4.69) is 26.1 Å². The molecule has 2 aromatic rings. The maximum Gasteiger partial charge on any atom is 0.284 e. The summed E-state index contributed by atoms with van der Waals surface area (Å²) in [5, 5.41) is 7.03. The summed E-state index contributed by atoms with van der Waals surface area (Å²) < 4.78 is 5.97. The molecule has 0 spiro atoms. The minimum absolute atomic E-state index is 0.249. The molecule has 6 heteroatoms. The Morgan fingerprint density at radius 1 is 1.50 bits per heavy atom. The first-order valence-corrected chi connectivity index (χ1v) is 5.25. The second kappa shape index (κ2) is 3.84. The molecule has 2 rings (SSSR count). The van der Waals surface area contributed by atoms with Gasteiger partial charge in [-0.15, -0.1) is 5.10 Å². The number of rotatable bonds is 1. The molecule has 0 aliphatic rings. The molecule has 0 bridgehead atoms. The predicted molar refractivity (Wildman–Crippen MR) is 59.8 cm³/mol. The third-order valence-corrected chi connectivity index (χ3v) is 3.01. The summed E-state index contributed by atoms with van der Waals surface area (Å²) in [4.78, 5) is 0.249. The Balaban J connectivity index is 2.52. The predicted octanol–water partition coefficient (Wildman–Crippen LogP) is 3.82. The zero-order chi connectivity index (χ0) is 10.1. The number of nitrogens with zero attached hydrogens (tertiary/aromatic N) is 1. The highest BCUT2D eigenvalue weighted by Crippen LogP contribution is 2.27. The molecule has 0 amide bonds. The lowest BCUT2D eigenvalue weighted by atomic mass is 10.2. The van der Waals surface area contributed by atoms with Gasteiger partial charge in [-0.1, -0.05) is 11.6 Å². The minimum atomic E-state index is 0.249. The maximum absolute atomic E-state index is 5.92. The lowest BCUT2D eigenvalue weighted by Gasteiger charge is -1.97. The summed E-state index contributed by atoms with van der Waals surface area (Å²) in [6.45, 7) is 0. The van der Waals surface area contributed by atoms with Gasteiger partial charge in [0.1, 0.15) is 0 Å². The molecule has 0 aliphatic heterocycles. The molecule has 1 N–H and O–H groups in total. The van der Waals surface area contributed by atoms with Crippen molar-refractivity contribution in [2.75, 3.05) is 0 Å². The third-order valence-electron chi connectivity index (χ3n) is 1.60. The van der Waals surface area contributed by atoms with Crippen LogP contribution in [0, 0.1) is 4.84 Å². The van der Waals surface area contributed by atoms with E-state index < -0.39 is 0 Å². The van der Waals surface area contributed by atoms with E-state index in [4.69, 9.17) is 28.2 Å². The molecule has 0 saturated heterocycles. The number of hydrogen-bond acceptors (Lipinski definition) is 3. The van der Waals surface area contributed by atoms with Crippen molar-refractivity contribution in [2.45, 2.75) is 0 Å². The van der Waals surface area contributed by atoms with Crippen LogP contribution in [0.2, 0.25) is 5.02 Å². The van der Waals surface area contributed by atoms with Crippen LogP contribution in [0.5, 0.6) is 0 Å². The molecule has 0 saturated carbocycles. The highest BCUT2D eigenvalue weighted by Gasteiger charge is 2.05. The standard InChI is InChI=1S/C8H4BrClN2OS/c9-5-2-1-4(3-6(5)10)7-11-12-8(14)13-7/h1-3H,(H,12,14). The smallest absolute Gasteiger partial charge is 0.284 e. The van der Waals surface area contributed by atoms with Crippen LogP contribution in [-0.2, 0) is 0 Å². The van der Waals surface area contributed by atoms with Crippen molar-refractivity contribution < 1.29 is 4.42 Å². The molecule has 1 aromatic heterocycles. The van der Waals surface area contributed by atoms with Gasteiger partial charge in [0, 0.05) is 10.0 Å². The Labute approximate surface area is 98.2 Å². The van der Waals surface area contributed by atoms with Gasteiger partial charge in [0.2, 0.25) is 5.89 Å². The fraction of sp³-hybridized carbons (Fsp3) is 0. The normalized spacial score (nSPS) is 10.4. The van der Waals surface area contributed by atoms with Crippen LogP contribution in [0.1, 0.15) is 0 Å². The third kappa shape index (κ3) is 1.89. The summed E-state index contributed by atoms with van der Waals surface area (Å²) >= 11 is 14.0. The van der Waals surface area contributed by atoms with Crippen LogP contribution in [0.15, 0.2) is 27.1 Å². The Kier molecular flexibility index (Phi) is 2.71. The fourth-order valence-electron chi connectivity index (χ4n) is 0.982. The number of aromatic amines is 1. The van der Waals surface area contributed by atoms with Gasteiger partial charge < -0.3 is 4.42 Å². The second-order valence-corrected chi connectivity index (χ2v) is 4.18. The summed E-state index contributed by atoms with van der Waals surface area (Å²) in [5.41, 5.74) is 0.783. The maximum atomic E-state index is 5.92. The van der Waals surface area contributed by atoms with Crippen molar-refractivity contribution in [1.29, 1.82) is 0 Å². The molecule has 0 radical (unpaired) electrons. The number of halogens is 2. The highest BCUT2D eigenvalue weighted by atomic mass is 79.9. The minimum Gasteiger partial charge on any atom is -0.409 e. The molecule has 72 valence electrons. The largest absolute Gasteiger partial charge is 0.409 e. The Bertz CT molecular complexity index is 522. The van der Waals surface area contributed by atoms with E-state index in [1.165, 1.54) is 0 Å². The molecule has 0 unspecified atom stereocenters. The van der Waals surface area contributed by atoms with Crippen LogP contribution in [0.4, 0.5) is 0 Å². The first-order valence-electron chi connectivity index (χ1n) is 3.68. The van der Waals surface area contributed by atoms with Crippen molar-refractivity contribution in [1.82, 2.24) is 10.2 Å². The molecule has 0 atom stereocenters. The number of aromatic nitrogens is 2.